The first-order valence-electron chi connectivity index (χ1n) is 4.99. The summed E-state index contributed by atoms with van der Waals surface area (Å²) in [6.45, 7) is -0.190. The van der Waals surface area contributed by atoms with Crippen LogP contribution in [0.15, 0.2) is 30.3 Å². The van der Waals surface area contributed by atoms with Gasteiger partial charge < -0.3 is 24.3 Å². The van der Waals surface area contributed by atoms with Gasteiger partial charge in [0.15, 0.2) is 5.40 Å². The molecular weight excluding hydrogens is 282 g/mol. The van der Waals surface area contributed by atoms with Crippen molar-refractivity contribution in [2.75, 3.05) is 6.61 Å². The molecule has 0 aromatic heterocycles. The Kier molecular flexibility index (Phi) is 5.10. The van der Waals surface area contributed by atoms with E-state index in [0.29, 0.717) is 5.75 Å². The van der Waals surface area contributed by atoms with E-state index in [-0.39, 0.29) is 6.61 Å². The molecule has 1 aromatic carbocycles. The van der Waals surface area contributed by atoms with Crippen LogP contribution in [0, 0.1) is 0 Å². The Morgan fingerprint density at radius 1 is 1.00 bits per heavy atom. The molecule has 0 spiro atoms. The molecule has 4 N–H and O–H groups in total. The lowest BCUT2D eigenvalue weighted by molar-refractivity contribution is 0.289. The second-order valence-electron chi connectivity index (χ2n) is 3.61. The van der Waals surface area contributed by atoms with Crippen molar-refractivity contribution in [3.8, 4) is 5.75 Å². The minimum Gasteiger partial charge on any atom is -0.494 e. The van der Waals surface area contributed by atoms with Crippen molar-refractivity contribution >= 4 is 15.2 Å². The van der Waals surface area contributed by atoms with E-state index in [1.807, 2.05) is 0 Å². The highest BCUT2D eigenvalue weighted by atomic mass is 31.2. The number of benzene rings is 1. The molecule has 0 saturated heterocycles. The van der Waals surface area contributed by atoms with Crippen molar-refractivity contribution in [1.29, 1.82) is 0 Å². The van der Waals surface area contributed by atoms with Crippen molar-refractivity contribution in [3.05, 3.63) is 30.3 Å². The van der Waals surface area contributed by atoms with E-state index >= 15 is 0 Å². The smallest absolute Gasteiger partial charge is 0.340 e. The van der Waals surface area contributed by atoms with Crippen molar-refractivity contribution in [2.45, 2.75) is 11.8 Å². The zero-order valence-electron chi connectivity index (χ0n) is 9.29. The van der Waals surface area contributed by atoms with Crippen LogP contribution in [0.5, 0.6) is 5.75 Å². The average molecular weight is 296 g/mol. The van der Waals surface area contributed by atoms with E-state index in [9.17, 15) is 9.13 Å². The molecule has 0 radical (unpaired) electrons. The van der Waals surface area contributed by atoms with Crippen LogP contribution in [-0.4, -0.2) is 31.6 Å². The fraction of sp³-hybridized carbons (Fsp3) is 0.333. The molecule has 1 aromatic rings. The van der Waals surface area contributed by atoms with E-state index in [0.717, 1.165) is 0 Å². The van der Waals surface area contributed by atoms with Gasteiger partial charge in [-0.1, -0.05) is 18.2 Å². The van der Waals surface area contributed by atoms with Crippen LogP contribution in [0.25, 0.3) is 0 Å². The topological polar surface area (TPSA) is 124 Å². The summed E-state index contributed by atoms with van der Waals surface area (Å²) in [5.41, 5.74) is 0. The maximum absolute atomic E-state index is 11.0. The van der Waals surface area contributed by atoms with Gasteiger partial charge in [0.05, 0.1) is 6.61 Å². The monoisotopic (exact) mass is 296 g/mol. The molecule has 102 valence electrons. The zero-order valence-corrected chi connectivity index (χ0v) is 11.1. The quantitative estimate of drug-likeness (QED) is 0.580. The zero-order chi connectivity index (χ0) is 13.8. The van der Waals surface area contributed by atoms with Gasteiger partial charge in [0.2, 0.25) is 0 Å². The maximum Gasteiger partial charge on any atom is 0.340 e. The molecular formula is C9H14O7P2. The molecule has 0 atom stereocenters. The van der Waals surface area contributed by atoms with Crippen LogP contribution >= 0.6 is 15.2 Å². The predicted octanol–water partition coefficient (Wildman–Crippen LogP) is 1.14. The first kappa shape index (κ1) is 15.4. The van der Waals surface area contributed by atoms with Crippen LogP contribution in [0.2, 0.25) is 0 Å². The van der Waals surface area contributed by atoms with Crippen molar-refractivity contribution in [2.24, 2.45) is 0 Å². The first-order chi connectivity index (χ1) is 8.21. The normalized spacial score (nSPS) is 12.7. The van der Waals surface area contributed by atoms with E-state index in [4.69, 9.17) is 24.3 Å². The Morgan fingerprint density at radius 2 is 1.50 bits per heavy atom. The number of rotatable bonds is 6. The number of para-hydroxylation sites is 1. The van der Waals surface area contributed by atoms with Crippen LogP contribution in [0.1, 0.15) is 6.42 Å². The molecule has 7 nitrogen and oxygen atoms in total. The summed E-state index contributed by atoms with van der Waals surface area (Å²) < 4.78 is 27.1. The molecule has 0 bridgehead atoms. The lowest BCUT2D eigenvalue weighted by Crippen LogP contribution is -2.13. The van der Waals surface area contributed by atoms with Gasteiger partial charge in [-0.3, -0.25) is 9.13 Å². The molecule has 9 heteroatoms. The van der Waals surface area contributed by atoms with Gasteiger partial charge in [0, 0.05) is 6.42 Å². The van der Waals surface area contributed by atoms with E-state index in [1.54, 1.807) is 30.3 Å². The van der Waals surface area contributed by atoms with Gasteiger partial charge in [-0.2, -0.15) is 0 Å². The molecule has 0 fully saturated rings. The minimum absolute atomic E-state index is 0.190. The SMILES string of the molecule is O=P(O)(O)C(CCOc1ccccc1)P(=O)(O)O. The fourth-order valence-electron chi connectivity index (χ4n) is 1.33. The molecule has 18 heavy (non-hydrogen) atoms. The highest BCUT2D eigenvalue weighted by molar-refractivity contribution is 7.70. The Bertz CT molecular complexity index is 441. The van der Waals surface area contributed by atoms with E-state index < -0.39 is 27.0 Å². The predicted molar refractivity (Wildman–Crippen MR) is 64.4 cm³/mol. The molecule has 0 unspecified atom stereocenters. The van der Waals surface area contributed by atoms with Gasteiger partial charge in [-0.05, 0) is 12.1 Å². The molecule has 0 aliphatic heterocycles. The van der Waals surface area contributed by atoms with Crippen LogP contribution in [0.4, 0.5) is 0 Å². The van der Waals surface area contributed by atoms with Crippen LogP contribution in [0.3, 0.4) is 0 Å². The second-order valence-corrected chi connectivity index (χ2v) is 7.62. The second kappa shape index (κ2) is 5.97. The number of hydrogen-bond acceptors (Lipinski definition) is 3. The molecule has 1 rings (SSSR count). The minimum atomic E-state index is -4.86. The summed E-state index contributed by atoms with van der Waals surface area (Å²) in [4.78, 5) is 35.5. The molecule has 0 aliphatic rings. The molecule has 0 amide bonds. The summed E-state index contributed by atoms with van der Waals surface area (Å²) >= 11 is 0. The average Bonchev–Trinajstić information content (AvgIpc) is 2.22. The maximum atomic E-state index is 11.0. The third kappa shape index (κ3) is 4.90. The molecule has 0 heterocycles. The lowest BCUT2D eigenvalue weighted by Gasteiger charge is -2.19. The summed E-state index contributed by atoms with van der Waals surface area (Å²) in [7, 11) is -9.72. The van der Waals surface area contributed by atoms with Crippen LogP contribution in [-0.2, 0) is 9.13 Å². The molecule has 0 saturated carbocycles. The largest absolute Gasteiger partial charge is 0.494 e. The van der Waals surface area contributed by atoms with Gasteiger partial charge in [-0.25, -0.2) is 0 Å². The van der Waals surface area contributed by atoms with Crippen molar-refractivity contribution < 1.29 is 33.4 Å². The summed E-state index contributed by atoms with van der Waals surface area (Å²) in [5.74, 6) is 0.465. The van der Waals surface area contributed by atoms with Crippen molar-refractivity contribution in [1.82, 2.24) is 0 Å². The Hall–Kier alpha value is -0.680. The standard InChI is InChI=1S/C9H14O7P2/c10-17(11,12)9(18(13,14)15)6-7-16-8-4-2-1-3-5-8/h1-5,9H,6-7H2,(H2,10,11,12)(H2,13,14,15). The highest BCUT2D eigenvalue weighted by Crippen LogP contribution is 2.61. The van der Waals surface area contributed by atoms with Gasteiger partial charge in [-0.15, -0.1) is 0 Å². The van der Waals surface area contributed by atoms with E-state index in [1.165, 1.54) is 0 Å². The van der Waals surface area contributed by atoms with Crippen LogP contribution < -0.4 is 4.74 Å². The summed E-state index contributed by atoms with van der Waals surface area (Å²) in [6.07, 6.45) is -0.427. The summed E-state index contributed by atoms with van der Waals surface area (Å²) in [5, 5.41) is -2.02. The van der Waals surface area contributed by atoms with Gasteiger partial charge in [0.1, 0.15) is 5.75 Å². The van der Waals surface area contributed by atoms with Gasteiger partial charge >= 0.3 is 15.2 Å². The van der Waals surface area contributed by atoms with Crippen molar-refractivity contribution in [3.63, 3.8) is 0 Å². The van der Waals surface area contributed by atoms with Gasteiger partial charge in [0.25, 0.3) is 0 Å². The third-order valence-electron chi connectivity index (χ3n) is 2.16. The van der Waals surface area contributed by atoms with E-state index in [2.05, 4.69) is 0 Å². The third-order valence-corrected chi connectivity index (χ3v) is 6.04. The Labute approximate surface area is 104 Å². The summed E-state index contributed by atoms with van der Waals surface area (Å²) in [6, 6.07) is 8.44. The highest BCUT2D eigenvalue weighted by Gasteiger charge is 2.42. The number of ether oxygens (including phenoxy) is 1. The Morgan fingerprint density at radius 3 is 1.94 bits per heavy atom. The molecule has 0 aliphatic carbocycles. The lowest BCUT2D eigenvalue weighted by atomic mass is 10.3. The Balaban J connectivity index is 2.60. The fourth-order valence-corrected chi connectivity index (χ4v) is 3.78. The first-order valence-corrected chi connectivity index (χ1v) is 8.36. The number of hydrogen-bond donors (Lipinski definition) is 4.